The van der Waals surface area contributed by atoms with E-state index in [2.05, 4.69) is 5.32 Å². The van der Waals surface area contributed by atoms with Crippen LogP contribution in [0, 0.1) is 0 Å². The summed E-state index contributed by atoms with van der Waals surface area (Å²) in [7, 11) is 0. The number of hydroxylamine groups is 2. The van der Waals surface area contributed by atoms with E-state index in [9.17, 15) is 10.0 Å². The van der Waals surface area contributed by atoms with Crippen LogP contribution in [0.15, 0.2) is 53.4 Å². The number of carbonyl (C=O) groups is 1. The summed E-state index contributed by atoms with van der Waals surface area (Å²) in [5.41, 5.74) is 2.06. The van der Waals surface area contributed by atoms with Gasteiger partial charge in [0.15, 0.2) is 6.17 Å². The molecule has 0 radical (unpaired) electrons. The van der Waals surface area contributed by atoms with Crippen molar-refractivity contribution in [2.75, 3.05) is 11.6 Å². The number of thioether (sulfide) groups is 1. The van der Waals surface area contributed by atoms with Crippen LogP contribution in [0.5, 0.6) is 0 Å². The van der Waals surface area contributed by atoms with Gasteiger partial charge in [0, 0.05) is 10.6 Å². The highest BCUT2D eigenvalue weighted by Crippen LogP contribution is 2.32. The van der Waals surface area contributed by atoms with Crippen molar-refractivity contribution < 1.29 is 10.0 Å². The topological polar surface area (TPSA) is 52.6 Å². The first-order valence-corrected chi connectivity index (χ1v) is 7.45. The molecule has 0 fully saturated rings. The van der Waals surface area contributed by atoms with Gasteiger partial charge in [0.25, 0.3) is 5.91 Å². The minimum absolute atomic E-state index is 0.390. The molecule has 0 saturated carbocycles. The number of hydrogen-bond acceptors (Lipinski definition) is 4. The molecule has 1 unspecified atom stereocenters. The van der Waals surface area contributed by atoms with Gasteiger partial charge in [0.2, 0.25) is 0 Å². The molecule has 1 aliphatic heterocycles. The average molecular weight is 286 g/mol. The fourth-order valence-corrected chi connectivity index (χ4v) is 2.66. The predicted molar refractivity (Wildman–Crippen MR) is 79.0 cm³/mol. The number of benzene rings is 2. The zero-order valence-corrected chi connectivity index (χ0v) is 11.7. The van der Waals surface area contributed by atoms with E-state index in [0.717, 1.165) is 21.2 Å². The molecule has 2 aromatic rings. The third-order valence-corrected chi connectivity index (χ3v) is 4.08. The summed E-state index contributed by atoms with van der Waals surface area (Å²) < 4.78 is 0. The van der Waals surface area contributed by atoms with Crippen LogP contribution in [-0.2, 0) is 0 Å². The van der Waals surface area contributed by atoms with Crippen LogP contribution in [0.1, 0.15) is 22.1 Å². The Morgan fingerprint density at radius 2 is 1.85 bits per heavy atom. The van der Waals surface area contributed by atoms with Crippen molar-refractivity contribution in [2.45, 2.75) is 11.1 Å². The molecule has 20 heavy (non-hydrogen) atoms. The number of nitrogens with one attached hydrogen (secondary N) is 1. The Balaban J connectivity index is 1.97. The molecule has 2 N–H and O–H groups in total. The van der Waals surface area contributed by atoms with Gasteiger partial charge in [-0.25, -0.2) is 0 Å². The molecular weight excluding hydrogens is 272 g/mol. The predicted octanol–water partition coefficient (Wildman–Crippen LogP) is 3.36. The number of carbonyl (C=O) groups excluding carboxylic acids is 1. The molecule has 3 rings (SSSR count). The van der Waals surface area contributed by atoms with Crippen molar-refractivity contribution in [3.8, 4) is 0 Å². The SMILES string of the molecule is CSc1ccc(C2Nc3ccccc3C(=O)N2O)cc1. The maximum Gasteiger partial charge on any atom is 0.281 e. The van der Waals surface area contributed by atoms with Crippen LogP contribution in [0.3, 0.4) is 0 Å². The molecule has 0 bridgehead atoms. The molecule has 2 aromatic carbocycles. The quantitative estimate of drug-likeness (QED) is 0.656. The first-order valence-electron chi connectivity index (χ1n) is 6.22. The van der Waals surface area contributed by atoms with E-state index in [4.69, 9.17) is 0 Å². The molecule has 1 heterocycles. The maximum absolute atomic E-state index is 12.2. The number of anilines is 1. The second-order valence-corrected chi connectivity index (χ2v) is 5.39. The lowest BCUT2D eigenvalue weighted by Crippen LogP contribution is -2.40. The third-order valence-electron chi connectivity index (χ3n) is 3.33. The Bertz CT molecular complexity index is 643. The lowest BCUT2D eigenvalue weighted by atomic mass is 10.1. The molecule has 4 nitrogen and oxygen atoms in total. The maximum atomic E-state index is 12.2. The van der Waals surface area contributed by atoms with Crippen LogP contribution in [0.4, 0.5) is 5.69 Å². The monoisotopic (exact) mass is 286 g/mol. The number of para-hydroxylation sites is 1. The van der Waals surface area contributed by atoms with Gasteiger partial charge in [0.05, 0.1) is 5.56 Å². The summed E-state index contributed by atoms with van der Waals surface area (Å²) in [6.07, 6.45) is 1.44. The van der Waals surface area contributed by atoms with Gasteiger partial charge in [-0.2, -0.15) is 5.06 Å². The Labute approximate surface area is 121 Å². The van der Waals surface area contributed by atoms with Crippen molar-refractivity contribution in [2.24, 2.45) is 0 Å². The number of nitrogens with zero attached hydrogens (tertiary/aromatic N) is 1. The van der Waals surface area contributed by atoms with Crippen LogP contribution in [0.2, 0.25) is 0 Å². The van der Waals surface area contributed by atoms with E-state index in [1.807, 2.05) is 42.7 Å². The minimum atomic E-state index is -0.562. The zero-order valence-electron chi connectivity index (χ0n) is 10.9. The van der Waals surface area contributed by atoms with Crippen molar-refractivity contribution in [1.82, 2.24) is 5.06 Å². The summed E-state index contributed by atoms with van der Waals surface area (Å²) in [5, 5.41) is 14.0. The summed E-state index contributed by atoms with van der Waals surface area (Å²) in [4.78, 5) is 13.3. The first-order chi connectivity index (χ1) is 9.70. The molecule has 5 heteroatoms. The number of fused-ring (bicyclic) bond motifs is 1. The second-order valence-electron chi connectivity index (χ2n) is 4.52. The second kappa shape index (κ2) is 5.19. The normalized spacial score (nSPS) is 17.6. The van der Waals surface area contributed by atoms with Crippen molar-refractivity contribution >= 4 is 23.4 Å². The lowest BCUT2D eigenvalue weighted by molar-refractivity contribution is -0.0851. The number of hydrogen-bond donors (Lipinski definition) is 2. The minimum Gasteiger partial charge on any atom is -0.359 e. The zero-order chi connectivity index (χ0) is 14.1. The van der Waals surface area contributed by atoms with Crippen molar-refractivity contribution in [1.29, 1.82) is 0 Å². The molecule has 0 aromatic heterocycles. The van der Waals surface area contributed by atoms with Gasteiger partial charge in [-0.15, -0.1) is 11.8 Å². The first kappa shape index (κ1) is 13.0. The average Bonchev–Trinajstić information content (AvgIpc) is 2.51. The van der Waals surface area contributed by atoms with Gasteiger partial charge < -0.3 is 5.32 Å². The highest BCUT2D eigenvalue weighted by molar-refractivity contribution is 7.98. The third kappa shape index (κ3) is 2.15. The van der Waals surface area contributed by atoms with Gasteiger partial charge in [-0.1, -0.05) is 24.3 Å². The Morgan fingerprint density at radius 1 is 1.15 bits per heavy atom. The van der Waals surface area contributed by atoms with E-state index in [1.54, 1.807) is 23.9 Å². The van der Waals surface area contributed by atoms with E-state index in [1.165, 1.54) is 0 Å². The van der Waals surface area contributed by atoms with Crippen LogP contribution >= 0.6 is 11.8 Å². The fraction of sp³-hybridized carbons (Fsp3) is 0.133. The molecule has 0 saturated heterocycles. The van der Waals surface area contributed by atoms with Gasteiger partial charge in [0.1, 0.15) is 0 Å². The van der Waals surface area contributed by atoms with Crippen LogP contribution in [-0.4, -0.2) is 22.4 Å². The lowest BCUT2D eigenvalue weighted by Gasteiger charge is -2.33. The van der Waals surface area contributed by atoms with Gasteiger partial charge in [-0.05, 0) is 36.1 Å². The summed E-state index contributed by atoms with van der Waals surface area (Å²) >= 11 is 1.65. The Kier molecular flexibility index (Phi) is 3.38. The Morgan fingerprint density at radius 3 is 2.55 bits per heavy atom. The van der Waals surface area contributed by atoms with E-state index < -0.39 is 12.1 Å². The fourth-order valence-electron chi connectivity index (χ4n) is 2.26. The molecule has 1 amide bonds. The van der Waals surface area contributed by atoms with Gasteiger partial charge in [-0.3, -0.25) is 10.0 Å². The molecule has 1 atom stereocenters. The largest absolute Gasteiger partial charge is 0.359 e. The smallest absolute Gasteiger partial charge is 0.281 e. The standard InChI is InChI=1S/C15H14N2O2S/c1-20-11-8-6-10(7-9-11)14-16-13-5-3-2-4-12(13)15(18)17(14)19/h2-9,14,16,19H,1H3. The summed E-state index contributed by atoms with van der Waals surface area (Å²) in [5.74, 6) is -0.390. The van der Waals surface area contributed by atoms with Crippen molar-refractivity contribution in [3.63, 3.8) is 0 Å². The molecule has 0 spiro atoms. The number of rotatable bonds is 2. The highest BCUT2D eigenvalue weighted by Gasteiger charge is 2.31. The summed E-state index contributed by atoms with van der Waals surface area (Å²) in [6, 6.07) is 14.9. The van der Waals surface area contributed by atoms with Gasteiger partial charge >= 0.3 is 0 Å². The molecule has 0 aliphatic carbocycles. The van der Waals surface area contributed by atoms with Crippen molar-refractivity contribution in [3.05, 3.63) is 59.7 Å². The van der Waals surface area contributed by atoms with Crippen LogP contribution in [0.25, 0.3) is 0 Å². The molecule has 102 valence electrons. The molecular formula is C15H14N2O2S. The Hall–Kier alpha value is -1.98. The molecule has 1 aliphatic rings. The highest BCUT2D eigenvalue weighted by atomic mass is 32.2. The summed E-state index contributed by atoms with van der Waals surface area (Å²) in [6.45, 7) is 0. The van der Waals surface area contributed by atoms with E-state index >= 15 is 0 Å². The van der Waals surface area contributed by atoms with E-state index in [-0.39, 0.29) is 0 Å². The van der Waals surface area contributed by atoms with E-state index in [0.29, 0.717) is 5.56 Å². The number of amides is 1. The van der Waals surface area contributed by atoms with Crippen LogP contribution < -0.4 is 5.32 Å².